The van der Waals surface area contributed by atoms with Crippen molar-refractivity contribution in [3.05, 3.63) is 29.7 Å². The lowest BCUT2D eigenvalue weighted by atomic mass is 9.68. The van der Waals surface area contributed by atoms with E-state index < -0.39 is 5.91 Å². The number of aromatic nitrogens is 3. The Morgan fingerprint density at radius 2 is 2.14 bits per heavy atom. The van der Waals surface area contributed by atoms with Crippen LogP contribution in [-0.4, -0.2) is 32.5 Å². The van der Waals surface area contributed by atoms with Crippen molar-refractivity contribution in [2.45, 2.75) is 32.7 Å². The molecule has 21 heavy (non-hydrogen) atoms. The fraction of sp³-hybridized carbons (Fsp3) is 0.429. The van der Waals surface area contributed by atoms with E-state index in [2.05, 4.69) is 29.2 Å². The quantitative estimate of drug-likeness (QED) is 0.869. The molecule has 3 N–H and O–H groups in total. The molecule has 0 aliphatic heterocycles. The highest BCUT2D eigenvalue weighted by molar-refractivity contribution is 5.99. The van der Waals surface area contributed by atoms with Gasteiger partial charge in [0, 0.05) is 12.2 Å². The molecule has 7 heteroatoms. The third-order valence-corrected chi connectivity index (χ3v) is 3.83. The van der Waals surface area contributed by atoms with Gasteiger partial charge in [0.05, 0.1) is 6.20 Å². The largest absolute Gasteiger partial charge is 0.365 e. The van der Waals surface area contributed by atoms with E-state index in [4.69, 9.17) is 5.73 Å². The van der Waals surface area contributed by atoms with Gasteiger partial charge in [-0.05, 0) is 24.3 Å². The van der Waals surface area contributed by atoms with Gasteiger partial charge < -0.3 is 11.1 Å². The van der Waals surface area contributed by atoms with Gasteiger partial charge in [-0.15, -0.1) is 0 Å². The van der Waals surface area contributed by atoms with Crippen molar-refractivity contribution in [3.63, 3.8) is 0 Å². The van der Waals surface area contributed by atoms with E-state index in [9.17, 15) is 9.59 Å². The molecule has 0 unspecified atom stereocenters. The predicted molar refractivity (Wildman–Crippen MR) is 75.8 cm³/mol. The number of nitrogens with two attached hydrogens (primary N) is 1. The van der Waals surface area contributed by atoms with Gasteiger partial charge in [0.1, 0.15) is 11.3 Å². The van der Waals surface area contributed by atoms with Crippen LogP contribution in [0.3, 0.4) is 0 Å². The number of rotatable bonds is 3. The molecule has 0 atom stereocenters. The van der Waals surface area contributed by atoms with Crippen molar-refractivity contribution >= 4 is 17.5 Å². The topological polar surface area (TPSA) is 102 Å². The zero-order chi connectivity index (χ0) is 15.2. The number of amides is 2. The smallest absolute Gasteiger partial charge is 0.270 e. The van der Waals surface area contributed by atoms with Crippen LogP contribution in [-0.2, 0) is 0 Å². The zero-order valence-electron chi connectivity index (χ0n) is 12.0. The first kappa shape index (κ1) is 13.5. The van der Waals surface area contributed by atoms with E-state index >= 15 is 0 Å². The van der Waals surface area contributed by atoms with Gasteiger partial charge in [-0.3, -0.25) is 9.59 Å². The Labute approximate surface area is 121 Å². The number of carbonyl (C=O) groups is 2. The average Bonchev–Trinajstić information content (AvgIpc) is 2.79. The molecule has 2 aromatic rings. The van der Waals surface area contributed by atoms with Crippen LogP contribution in [0, 0.1) is 5.41 Å². The maximum Gasteiger partial charge on any atom is 0.270 e. The standard InChI is InChI=1S/C14H17N5O2/c1-14(2)5-8(6-14)18-13(21)10-3-4-16-12-9(11(15)20)7-17-19(10)12/h3-4,7-8H,5-6H2,1-2H3,(H2,15,20)(H,18,21). The molecule has 1 saturated carbocycles. The molecule has 7 nitrogen and oxygen atoms in total. The number of primary amides is 1. The highest BCUT2D eigenvalue weighted by Gasteiger charge is 2.37. The fourth-order valence-electron chi connectivity index (χ4n) is 2.87. The van der Waals surface area contributed by atoms with Crippen LogP contribution in [0.15, 0.2) is 18.5 Å². The monoisotopic (exact) mass is 287 g/mol. The van der Waals surface area contributed by atoms with E-state index in [1.165, 1.54) is 16.9 Å². The Hall–Kier alpha value is -2.44. The Kier molecular flexibility index (Phi) is 2.93. The van der Waals surface area contributed by atoms with Gasteiger partial charge in [0.15, 0.2) is 5.65 Å². The molecule has 0 aromatic carbocycles. The predicted octanol–water partition coefficient (Wildman–Crippen LogP) is 0.747. The lowest BCUT2D eigenvalue weighted by Crippen LogP contribution is -2.48. The van der Waals surface area contributed by atoms with E-state index in [-0.39, 0.29) is 22.9 Å². The van der Waals surface area contributed by atoms with Crippen molar-refractivity contribution in [3.8, 4) is 0 Å². The van der Waals surface area contributed by atoms with Gasteiger partial charge in [-0.1, -0.05) is 13.8 Å². The number of fused-ring (bicyclic) bond motifs is 1. The molecule has 1 aliphatic carbocycles. The molecule has 0 spiro atoms. The van der Waals surface area contributed by atoms with Crippen LogP contribution in [0.5, 0.6) is 0 Å². The lowest BCUT2D eigenvalue weighted by molar-refractivity contribution is 0.0795. The van der Waals surface area contributed by atoms with Crippen LogP contribution in [0.25, 0.3) is 5.65 Å². The summed E-state index contributed by atoms with van der Waals surface area (Å²) < 4.78 is 1.35. The zero-order valence-corrected chi connectivity index (χ0v) is 12.0. The molecule has 1 aliphatic rings. The molecule has 110 valence electrons. The number of carbonyl (C=O) groups excluding carboxylic acids is 2. The average molecular weight is 287 g/mol. The normalized spacial score (nSPS) is 17.4. The Bertz CT molecular complexity index is 726. The molecule has 0 bridgehead atoms. The maximum atomic E-state index is 12.3. The number of nitrogens with one attached hydrogen (secondary N) is 1. The summed E-state index contributed by atoms with van der Waals surface area (Å²) >= 11 is 0. The van der Waals surface area contributed by atoms with Crippen molar-refractivity contribution in [1.29, 1.82) is 0 Å². The Balaban J connectivity index is 1.87. The molecular weight excluding hydrogens is 270 g/mol. The summed E-state index contributed by atoms with van der Waals surface area (Å²) in [6.07, 6.45) is 4.72. The minimum absolute atomic E-state index is 0.182. The summed E-state index contributed by atoms with van der Waals surface area (Å²) in [4.78, 5) is 27.7. The van der Waals surface area contributed by atoms with Gasteiger partial charge in [-0.2, -0.15) is 5.10 Å². The van der Waals surface area contributed by atoms with Crippen LogP contribution in [0.1, 0.15) is 47.5 Å². The summed E-state index contributed by atoms with van der Waals surface area (Å²) in [6.45, 7) is 4.35. The van der Waals surface area contributed by atoms with Gasteiger partial charge >= 0.3 is 0 Å². The number of nitrogens with zero attached hydrogens (tertiary/aromatic N) is 3. The molecule has 3 rings (SSSR count). The van der Waals surface area contributed by atoms with Crippen LogP contribution in [0.2, 0.25) is 0 Å². The van der Waals surface area contributed by atoms with E-state index in [1.54, 1.807) is 6.07 Å². The second-order valence-electron chi connectivity index (χ2n) is 6.23. The fourth-order valence-corrected chi connectivity index (χ4v) is 2.87. The van der Waals surface area contributed by atoms with Crippen molar-refractivity contribution in [1.82, 2.24) is 19.9 Å². The van der Waals surface area contributed by atoms with Crippen LogP contribution < -0.4 is 11.1 Å². The maximum absolute atomic E-state index is 12.3. The minimum Gasteiger partial charge on any atom is -0.365 e. The van der Waals surface area contributed by atoms with Gasteiger partial charge in [-0.25, -0.2) is 9.50 Å². The molecule has 0 saturated heterocycles. The molecular formula is C14H17N5O2. The second kappa shape index (κ2) is 4.54. The van der Waals surface area contributed by atoms with E-state index in [0.717, 1.165) is 12.8 Å². The van der Waals surface area contributed by atoms with E-state index in [1.807, 2.05) is 0 Å². The van der Waals surface area contributed by atoms with E-state index in [0.29, 0.717) is 11.3 Å². The summed E-state index contributed by atoms with van der Waals surface area (Å²) in [5.41, 5.74) is 6.39. The van der Waals surface area contributed by atoms with Crippen molar-refractivity contribution in [2.75, 3.05) is 0 Å². The van der Waals surface area contributed by atoms with Crippen LogP contribution in [0.4, 0.5) is 0 Å². The second-order valence-corrected chi connectivity index (χ2v) is 6.23. The summed E-state index contributed by atoms with van der Waals surface area (Å²) in [7, 11) is 0. The first-order valence-electron chi connectivity index (χ1n) is 6.81. The Morgan fingerprint density at radius 3 is 2.76 bits per heavy atom. The first-order chi connectivity index (χ1) is 9.87. The molecule has 0 radical (unpaired) electrons. The third-order valence-electron chi connectivity index (χ3n) is 3.83. The van der Waals surface area contributed by atoms with Crippen molar-refractivity contribution < 1.29 is 9.59 Å². The highest BCUT2D eigenvalue weighted by atomic mass is 16.2. The lowest BCUT2D eigenvalue weighted by Gasteiger charge is -2.42. The van der Waals surface area contributed by atoms with Crippen molar-refractivity contribution in [2.24, 2.45) is 11.1 Å². The minimum atomic E-state index is -0.615. The first-order valence-corrected chi connectivity index (χ1v) is 6.81. The molecule has 2 heterocycles. The summed E-state index contributed by atoms with van der Waals surface area (Å²) in [6, 6.07) is 1.76. The molecule has 2 aromatic heterocycles. The molecule has 1 fully saturated rings. The SMILES string of the molecule is CC1(C)CC(NC(=O)c2ccnc3c(C(N)=O)cnn23)C1. The molecule has 2 amide bonds. The summed E-state index contributed by atoms with van der Waals surface area (Å²) in [5.74, 6) is -0.835. The summed E-state index contributed by atoms with van der Waals surface area (Å²) in [5, 5.41) is 7.01. The Morgan fingerprint density at radius 1 is 1.43 bits per heavy atom. The third kappa shape index (κ3) is 2.35. The number of hydrogen-bond acceptors (Lipinski definition) is 4. The number of hydrogen-bond donors (Lipinski definition) is 2. The van der Waals surface area contributed by atoms with Gasteiger partial charge in [0.25, 0.3) is 11.8 Å². The highest BCUT2D eigenvalue weighted by Crippen LogP contribution is 2.39. The van der Waals surface area contributed by atoms with Gasteiger partial charge in [0.2, 0.25) is 0 Å². The van der Waals surface area contributed by atoms with Crippen LogP contribution >= 0.6 is 0 Å².